The molecule has 0 aliphatic carbocycles. The highest BCUT2D eigenvalue weighted by atomic mass is 32.2. The first kappa shape index (κ1) is 31.6. The normalized spacial score (nSPS) is 13.0. The van der Waals surface area contributed by atoms with Crippen molar-refractivity contribution in [2.24, 2.45) is 0 Å². The second kappa shape index (κ2) is 15.6. The zero-order valence-corrected chi connectivity index (χ0v) is 23.8. The van der Waals surface area contributed by atoms with Crippen molar-refractivity contribution < 1.29 is 24.2 Å². The minimum atomic E-state index is -1.03. The van der Waals surface area contributed by atoms with Crippen molar-refractivity contribution in [3.05, 3.63) is 29.3 Å². The van der Waals surface area contributed by atoms with E-state index in [4.69, 9.17) is 4.74 Å². The second-order valence-corrected chi connectivity index (χ2v) is 10.9. The zero-order chi connectivity index (χ0) is 27.3. The molecule has 1 aromatic rings. The first-order chi connectivity index (χ1) is 17.0. The van der Waals surface area contributed by atoms with Gasteiger partial charge < -0.3 is 25.4 Å². The number of nitrogens with one attached hydrogen (secondary N) is 2. The number of ether oxygens (including phenoxy) is 1. The molecule has 8 nitrogen and oxygen atoms in total. The molecular weight excluding hydrogens is 478 g/mol. The molecule has 0 radical (unpaired) electrons. The Balaban J connectivity index is 3.40. The van der Waals surface area contributed by atoms with Crippen molar-refractivity contribution in [3.63, 3.8) is 0 Å². The molecule has 2 atom stereocenters. The van der Waals surface area contributed by atoms with E-state index in [2.05, 4.69) is 17.6 Å². The predicted molar refractivity (Wildman–Crippen MR) is 146 cm³/mol. The van der Waals surface area contributed by atoms with Gasteiger partial charge in [0.05, 0.1) is 0 Å². The summed E-state index contributed by atoms with van der Waals surface area (Å²) in [5.41, 5.74) is 0.269. The summed E-state index contributed by atoms with van der Waals surface area (Å²) in [5, 5.41) is 16.5. The summed E-state index contributed by atoms with van der Waals surface area (Å²) < 4.78 is 5.39. The number of aryl methyl sites for hydroxylation is 1. The Morgan fingerprint density at radius 1 is 1.14 bits per heavy atom. The summed E-state index contributed by atoms with van der Waals surface area (Å²) >= 11 is 1.56. The summed E-state index contributed by atoms with van der Waals surface area (Å²) in [6.45, 7) is 11.8. The second-order valence-electron chi connectivity index (χ2n) is 9.93. The molecule has 36 heavy (non-hydrogen) atoms. The fraction of sp³-hybridized carbons (Fsp3) is 0.667. The molecular formula is C27H45N3O5S. The molecule has 3 N–H and O–H groups in total. The van der Waals surface area contributed by atoms with Crippen LogP contribution >= 0.6 is 11.8 Å². The lowest BCUT2D eigenvalue weighted by atomic mass is 9.98. The number of unbranched alkanes of at least 4 members (excludes halogenated alkanes) is 2. The largest absolute Gasteiger partial charge is 0.507 e. The van der Waals surface area contributed by atoms with Gasteiger partial charge in [-0.15, -0.1) is 0 Å². The maximum absolute atomic E-state index is 13.9. The number of hydrogen-bond acceptors (Lipinski definition) is 6. The lowest BCUT2D eigenvalue weighted by molar-refractivity contribution is -0.142. The number of hydrogen-bond donors (Lipinski definition) is 3. The van der Waals surface area contributed by atoms with Crippen LogP contribution in [0.3, 0.4) is 0 Å². The maximum atomic E-state index is 13.9. The van der Waals surface area contributed by atoms with Gasteiger partial charge in [-0.05, 0) is 64.5 Å². The lowest BCUT2D eigenvalue weighted by Gasteiger charge is -2.34. The molecule has 0 aromatic heterocycles. The molecule has 0 heterocycles. The third kappa shape index (κ3) is 10.3. The van der Waals surface area contributed by atoms with E-state index in [0.717, 1.165) is 19.3 Å². The number of aromatic hydroxyl groups is 1. The molecule has 204 valence electrons. The van der Waals surface area contributed by atoms with Gasteiger partial charge in [0, 0.05) is 18.7 Å². The van der Waals surface area contributed by atoms with E-state index in [1.165, 1.54) is 4.90 Å². The van der Waals surface area contributed by atoms with Crippen LogP contribution in [0, 0.1) is 6.92 Å². The maximum Gasteiger partial charge on any atom is 0.408 e. The van der Waals surface area contributed by atoms with Crippen molar-refractivity contribution in [1.29, 1.82) is 0 Å². The fourth-order valence-corrected chi connectivity index (χ4v) is 4.26. The van der Waals surface area contributed by atoms with Gasteiger partial charge in [-0.25, -0.2) is 4.79 Å². The SMILES string of the molecule is CCCCCNC(=O)C(c1cccc(C)c1O)N(CCC)C(=O)C(CCSC)NC(=O)OC(C)(C)C. The van der Waals surface area contributed by atoms with Crippen LogP contribution in [0.15, 0.2) is 18.2 Å². The van der Waals surface area contributed by atoms with Crippen LogP contribution in [0.25, 0.3) is 0 Å². The third-order valence-electron chi connectivity index (χ3n) is 5.55. The van der Waals surface area contributed by atoms with E-state index in [9.17, 15) is 19.5 Å². The van der Waals surface area contributed by atoms with Crippen LogP contribution in [0.2, 0.25) is 0 Å². The van der Waals surface area contributed by atoms with Gasteiger partial charge in [0.15, 0.2) is 0 Å². The van der Waals surface area contributed by atoms with Crippen LogP contribution in [0.5, 0.6) is 5.75 Å². The molecule has 0 saturated heterocycles. The standard InChI is InChI=1S/C27H45N3O5S/c1-8-10-11-16-28-24(32)22(20-14-12-13-19(3)23(20)31)30(17-9-2)25(33)21(15-18-36-7)29-26(34)35-27(4,5)6/h12-14,21-22,31H,8-11,15-18H2,1-7H3,(H,28,32)(H,29,34). The molecule has 0 bridgehead atoms. The van der Waals surface area contributed by atoms with Crippen molar-refractivity contribution in [3.8, 4) is 5.75 Å². The van der Waals surface area contributed by atoms with Crippen LogP contribution in [0.4, 0.5) is 4.79 Å². The Morgan fingerprint density at radius 3 is 2.42 bits per heavy atom. The zero-order valence-electron chi connectivity index (χ0n) is 23.0. The number of phenols is 1. The molecule has 1 rings (SSSR count). The van der Waals surface area contributed by atoms with Gasteiger partial charge in [0.1, 0.15) is 23.4 Å². The van der Waals surface area contributed by atoms with Crippen molar-refractivity contribution in [1.82, 2.24) is 15.5 Å². The molecule has 9 heteroatoms. The Hall–Kier alpha value is -2.42. The van der Waals surface area contributed by atoms with E-state index >= 15 is 0 Å². The fourth-order valence-electron chi connectivity index (χ4n) is 3.79. The van der Waals surface area contributed by atoms with E-state index in [1.54, 1.807) is 57.7 Å². The van der Waals surface area contributed by atoms with Gasteiger partial charge in [0.2, 0.25) is 11.8 Å². The summed E-state index contributed by atoms with van der Waals surface area (Å²) in [4.78, 5) is 41.5. The molecule has 0 spiro atoms. The van der Waals surface area contributed by atoms with Crippen molar-refractivity contribution >= 4 is 29.7 Å². The number of rotatable bonds is 14. The topological polar surface area (TPSA) is 108 Å². The number of benzene rings is 1. The first-order valence-electron chi connectivity index (χ1n) is 12.8. The average Bonchev–Trinajstić information content (AvgIpc) is 2.80. The van der Waals surface area contributed by atoms with Crippen LogP contribution in [0.1, 0.15) is 83.9 Å². The number of carbonyl (C=O) groups excluding carboxylic acids is 3. The van der Waals surface area contributed by atoms with Crippen LogP contribution < -0.4 is 10.6 Å². The van der Waals surface area contributed by atoms with Crippen molar-refractivity contribution in [2.75, 3.05) is 25.1 Å². The molecule has 0 aliphatic heterocycles. The summed E-state index contributed by atoms with van der Waals surface area (Å²) in [5.74, 6) is -0.114. The van der Waals surface area contributed by atoms with Crippen LogP contribution in [-0.4, -0.2) is 64.7 Å². The Morgan fingerprint density at radius 2 is 1.83 bits per heavy atom. The van der Waals surface area contributed by atoms with E-state index in [-0.39, 0.29) is 24.1 Å². The summed E-state index contributed by atoms with van der Waals surface area (Å²) in [7, 11) is 0. The van der Waals surface area contributed by atoms with Gasteiger partial charge in [-0.3, -0.25) is 9.59 Å². The number of thioether (sulfide) groups is 1. The van der Waals surface area contributed by atoms with Gasteiger partial charge >= 0.3 is 6.09 Å². The van der Waals surface area contributed by atoms with Crippen LogP contribution in [-0.2, 0) is 14.3 Å². The molecule has 0 saturated carbocycles. The predicted octanol–water partition coefficient (Wildman–Crippen LogP) is 4.93. The quantitative estimate of drug-likeness (QED) is 0.298. The summed E-state index contributed by atoms with van der Waals surface area (Å²) in [6.07, 6.45) is 5.05. The minimum Gasteiger partial charge on any atom is -0.507 e. The first-order valence-corrected chi connectivity index (χ1v) is 14.2. The Bertz CT molecular complexity index is 856. The van der Waals surface area contributed by atoms with Crippen molar-refractivity contribution in [2.45, 2.75) is 91.3 Å². The lowest BCUT2D eigenvalue weighted by Crippen LogP contribution is -2.53. The number of alkyl carbamates (subject to hydrolysis) is 1. The third-order valence-corrected chi connectivity index (χ3v) is 6.19. The molecule has 0 aliphatic rings. The molecule has 1 aromatic carbocycles. The summed E-state index contributed by atoms with van der Waals surface area (Å²) in [6, 6.07) is 3.29. The number of nitrogens with zero attached hydrogens (tertiary/aromatic N) is 1. The Kier molecular flexibility index (Phi) is 13.7. The monoisotopic (exact) mass is 523 g/mol. The number of para-hydroxylation sites is 1. The van der Waals surface area contributed by atoms with Gasteiger partial charge in [-0.2, -0.15) is 11.8 Å². The molecule has 3 amide bonds. The minimum absolute atomic E-state index is 0.0131. The van der Waals surface area contributed by atoms with Gasteiger partial charge in [-0.1, -0.05) is 44.9 Å². The smallest absolute Gasteiger partial charge is 0.408 e. The molecule has 2 unspecified atom stereocenters. The number of amides is 3. The molecule has 0 fully saturated rings. The highest BCUT2D eigenvalue weighted by molar-refractivity contribution is 7.98. The highest BCUT2D eigenvalue weighted by Gasteiger charge is 2.37. The van der Waals surface area contributed by atoms with E-state index in [1.807, 2.05) is 13.2 Å². The van der Waals surface area contributed by atoms with Gasteiger partial charge in [0.25, 0.3) is 0 Å². The number of phenolic OH excluding ortho intramolecular Hbond substituents is 1. The number of carbonyl (C=O) groups is 3. The highest BCUT2D eigenvalue weighted by Crippen LogP contribution is 2.32. The van der Waals surface area contributed by atoms with E-state index in [0.29, 0.717) is 36.3 Å². The van der Waals surface area contributed by atoms with E-state index < -0.39 is 23.8 Å². The average molecular weight is 524 g/mol. The Labute approximate surface area is 220 Å².